The van der Waals surface area contributed by atoms with Crippen LogP contribution in [-0.4, -0.2) is 8.42 Å². The summed E-state index contributed by atoms with van der Waals surface area (Å²) in [5.74, 6) is 0. The third-order valence-electron chi connectivity index (χ3n) is 2.68. The molecule has 2 nitrogen and oxygen atoms in total. The maximum Gasteiger partial charge on any atom is 0.261 e. The van der Waals surface area contributed by atoms with Gasteiger partial charge in [-0.3, -0.25) is 0 Å². The van der Waals surface area contributed by atoms with E-state index in [4.69, 9.17) is 10.7 Å². The minimum Gasteiger partial charge on any atom is -0.207 e. The number of hydrogen-bond donors (Lipinski definition) is 0. The highest BCUT2D eigenvalue weighted by Crippen LogP contribution is 2.12. The van der Waals surface area contributed by atoms with Crippen molar-refractivity contribution < 1.29 is 8.42 Å². The number of rotatable bonds is 1. The van der Waals surface area contributed by atoms with Crippen LogP contribution < -0.4 is 0 Å². The van der Waals surface area contributed by atoms with E-state index in [0.717, 1.165) is 0 Å². The van der Waals surface area contributed by atoms with Crippen molar-refractivity contribution in [2.24, 2.45) is 0 Å². The average Bonchev–Trinajstić information content (AvgIpc) is 2.48. The zero-order chi connectivity index (χ0) is 14.4. The summed E-state index contributed by atoms with van der Waals surface area (Å²) in [5.41, 5.74) is 0. The van der Waals surface area contributed by atoms with E-state index in [2.05, 4.69) is 48.5 Å². The van der Waals surface area contributed by atoms with Gasteiger partial charge in [-0.1, -0.05) is 66.7 Å². The van der Waals surface area contributed by atoms with Crippen LogP contribution in [0.1, 0.15) is 0 Å². The van der Waals surface area contributed by atoms with E-state index in [-0.39, 0.29) is 4.90 Å². The van der Waals surface area contributed by atoms with Gasteiger partial charge in [0, 0.05) is 10.7 Å². The molecule has 0 fully saturated rings. The van der Waals surface area contributed by atoms with Crippen molar-refractivity contribution in [3.63, 3.8) is 0 Å². The first-order chi connectivity index (χ1) is 9.57. The molecule has 0 amide bonds. The summed E-state index contributed by atoms with van der Waals surface area (Å²) in [6.45, 7) is 0. The van der Waals surface area contributed by atoms with Gasteiger partial charge in [-0.2, -0.15) is 0 Å². The molecule has 4 heteroatoms. The molecule has 0 bridgehead atoms. The Balaban J connectivity index is 0.000000147. The lowest BCUT2D eigenvalue weighted by Gasteiger charge is -1.92. The molecule has 3 rings (SSSR count). The highest BCUT2D eigenvalue weighted by Gasteiger charge is 2.06. The van der Waals surface area contributed by atoms with E-state index in [9.17, 15) is 8.42 Å². The molecule has 0 saturated carbocycles. The molecule has 0 aromatic heterocycles. The Kier molecular flexibility index (Phi) is 4.77. The molecular weight excluding hydrogens is 292 g/mol. The van der Waals surface area contributed by atoms with Crippen molar-refractivity contribution in [3.8, 4) is 0 Å². The molecule has 0 saturated heterocycles. The fraction of sp³-hybridized carbons (Fsp3) is 0. The van der Waals surface area contributed by atoms with Gasteiger partial charge in [0.15, 0.2) is 0 Å². The fourth-order valence-corrected chi connectivity index (χ4v) is 2.51. The Morgan fingerprint density at radius 3 is 1.25 bits per heavy atom. The maximum atomic E-state index is 10.6. The van der Waals surface area contributed by atoms with Crippen LogP contribution >= 0.6 is 10.7 Å². The molecule has 0 N–H and O–H groups in total. The summed E-state index contributed by atoms with van der Waals surface area (Å²) >= 11 is 0. The van der Waals surface area contributed by atoms with Gasteiger partial charge in [0.05, 0.1) is 4.90 Å². The van der Waals surface area contributed by atoms with Crippen LogP contribution in [0.5, 0.6) is 0 Å². The minimum absolute atomic E-state index is 0.136. The summed E-state index contributed by atoms with van der Waals surface area (Å²) in [6.07, 6.45) is 0. The summed E-state index contributed by atoms with van der Waals surface area (Å²) in [7, 11) is 1.50. The second-order valence-corrected chi connectivity index (χ2v) is 6.66. The van der Waals surface area contributed by atoms with Crippen molar-refractivity contribution in [2.75, 3.05) is 0 Å². The van der Waals surface area contributed by atoms with Gasteiger partial charge in [0.1, 0.15) is 0 Å². The van der Waals surface area contributed by atoms with Gasteiger partial charge < -0.3 is 0 Å². The number of fused-ring (bicyclic) bond motifs is 1. The van der Waals surface area contributed by atoms with E-state index in [1.807, 2.05) is 0 Å². The van der Waals surface area contributed by atoms with Gasteiger partial charge in [0.25, 0.3) is 9.05 Å². The highest BCUT2D eigenvalue weighted by atomic mass is 35.7. The quantitative estimate of drug-likeness (QED) is 0.622. The van der Waals surface area contributed by atoms with Crippen molar-refractivity contribution in [1.82, 2.24) is 0 Å². The lowest BCUT2D eigenvalue weighted by molar-refractivity contribution is 0.609. The Morgan fingerprint density at radius 2 is 0.950 bits per heavy atom. The molecule has 0 aliphatic heterocycles. The molecule has 0 radical (unpaired) electrons. The Morgan fingerprint density at radius 1 is 0.600 bits per heavy atom. The Bertz CT molecular complexity index is 718. The second-order valence-electron chi connectivity index (χ2n) is 4.10. The van der Waals surface area contributed by atoms with E-state index in [1.165, 1.54) is 22.9 Å². The first-order valence-electron chi connectivity index (χ1n) is 6.01. The second kappa shape index (κ2) is 6.55. The molecule has 0 atom stereocenters. The summed E-state index contributed by atoms with van der Waals surface area (Å²) in [4.78, 5) is 0.136. The third kappa shape index (κ3) is 4.08. The summed E-state index contributed by atoms with van der Waals surface area (Å²) < 4.78 is 21.2. The molecule has 3 aromatic carbocycles. The molecule has 102 valence electrons. The molecule has 20 heavy (non-hydrogen) atoms. The molecular formula is C16H13ClO2S. The zero-order valence-corrected chi connectivity index (χ0v) is 12.2. The van der Waals surface area contributed by atoms with E-state index in [0.29, 0.717) is 0 Å². The van der Waals surface area contributed by atoms with Gasteiger partial charge in [-0.05, 0) is 22.9 Å². The molecule has 0 aliphatic rings. The van der Waals surface area contributed by atoms with Crippen molar-refractivity contribution in [1.29, 1.82) is 0 Å². The molecule has 0 aliphatic carbocycles. The average molecular weight is 305 g/mol. The number of halogens is 1. The predicted molar refractivity (Wildman–Crippen MR) is 83.4 cm³/mol. The van der Waals surface area contributed by atoms with E-state index < -0.39 is 9.05 Å². The normalized spacial score (nSPS) is 10.7. The minimum atomic E-state index is -3.53. The van der Waals surface area contributed by atoms with E-state index in [1.54, 1.807) is 18.2 Å². The first-order valence-corrected chi connectivity index (χ1v) is 8.32. The van der Waals surface area contributed by atoms with Crippen molar-refractivity contribution in [2.45, 2.75) is 4.90 Å². The number of benzene rings is 3. The zero-order valence-electron chi connectivity index (χ0n) is 10.6. The summed E-state index contributed by atoms with van der Waals surface area (Å²) in [5, 5.41) is 2.62. The van der Waals surface area contributed by atoms with Crippen molar-refractivity contribution in [3.05, 3.63) is 78.9 Å². The Hall–Kier alpha value is -1.84. The van der Waals surface area contributed by atoms with Crippen LogP contribution in [0, 0.1) is 0 Å². The van der Waals surface area contributed by atoms with Crippen LogP contribution in [0.15, 0.2) is 83.8 Å². The molecule has 0 spiro atoms. The highest BCUT2D eigenvalue weighted by molar-refractivity contribution is 8.13. The van der Waals surface area contributed by atoms with Crippen LogP contribution in [0.4, 0.5) is 0 Å². The van der Waals surface area contributed by atoms with Crippen LogP contribution in [0.2, 0.25) is 0 Å². The molecule has 0 heterocycles. The smallest absolute Gasteiger partial charge is 0.207 e. The van der Waals surface area contributed by atoms with Crippen LogP contribution in [-0.2, 0) is 9.05 Å². The summed E-state index contributed by atoms with van der Waals surface area (Å²) in [6, 6.07) is 24.6. The fourth-order valence-electron chi connectivity index (χ4n) is 1.72. The topological polar surface area (TPSA) is 34.1 Å². The number of hydrogen-bond acceptors (Lipinski definition) is 2. The molecule has 3 aromatic rings. The van der Waals surface area contributed by atoms with Crippen LogP contribution in [0.3, 0.4) is 0 Å². The van der Waals surface area contributed by atoms with Gasteiger partial charge >= 0.3 is 0 Å². The molecule has 0 unspecified atom stereocenters. The Labute approximate surface area is 123 Å². The predicted octanol–water partition coefficient (Wildman–Crippen LogP) is 4.45. The third-order valence-corrected chi connectivity index (χ3v) is 4.05. The van der Waals surface area contributed by atoms with Crippen molar-refractivity contribution >= 4 is 30.5 Å². The first kappa shape index (κ1) is 14.6. The standard InChI is InChI=1S/C10H8.C6H5ClO2S/c1-2-6-10-8-4-3-7-9(10)5-1;7-10(8,9)6-4-2-1-3-5-6/h1-8H;1-5H. The maximum absolute atomic E-state index is 10.6. The van der Waals surface area contributed by atoms with E-state index >= 15 is 0 Å². The van der Waals surface area contributed by atoms with Gasteiger partial charge in [-0.25, -0.2) is 8.42 Å². The SMILES string of the molecule is O=S(=O)(Cl)c1ccccc1.c1ccc2ccccc2c1. The largest absolute Gasteiger partial charge is 0.261 e. The lowest BCUT2D eigenvalue weighted by Crippen LogP contribution is -1.87. The monoisotopic (exact) mass is 304 g/mol. The lowest BCUT2D eigenvalue weighted by atomic mass is 10.1. The van der Waals surface area contributed by atoms with Crippen LogP contribution in [0.25, 0.3) is 10.8 Å². The van der Waals surface area contributed by atoms with Gasteiger partial charge in [-0.15, -0.1) is 0 Å². The van der Waals surface area contributed by atoms with Gasteiger partial charge in [0.2, 0.25) is 0 Å².